The van der Waals surface area contributed by atoms with Crippen molar-refractivity contribution in [2.45, 2.75) is 19.9 Å². The Morgan fingerprint density at radius 1 is 1.47 bits per heavy atom. The topological polar surface area (TPSA) is 46.9 Å². The van der Waals surface area contributed by atoms with Gasteiger partial charge < -0.3 is 5.32 Å². The number of amides is 1. The van der Waals surface area contributed by atoms with E-state index in [0.717, 1.165) is 3.57 Å². The van der Waals surface area contributed by atoms with Crippen molar-refractivity contribution in [3.8, 4) is 0 Å². The monoisotopic (exact) mass is 389 g/mol. The molecule has 19 heavy (non-hydrogen) atoms. The summed E-state index contributed by atoms with van der Waals surface area (Å²) in [6.45, 7) is 4.05. The molecule has 0 spiro atoms. The van der Waals surface area contributed by atoms with E-state index < -0.39 is 0 Å². The zero-order chi connectivity index (χ0) is 14.0. The Morgan fingerprint density at radius 2 is 2.21 bits per heavy atom. The highest BCUT2D eigenvalue weighted by molar-refractivity contribution is 14.1. The van der Waals surface area contributed by atoms with E-state index in [1.54, 1.807) is 29.2 Å². The SMILES string of the molecule is CC(C)n1cc(NC(=O)c2ccc(I)c(Cl)c2)cn1. The van der Waals surface area contributed by atoms with Crippen LogP contribution in [-0.2, 0) is 0 Å². The van der Waals surface area contributed by atoms with E-state index in [9.17, 15) is 4.79 Å². The van der Waals surface area contributed by atoms with Crippen molar-refractivity contribution < 1.29 is 4.79 Å². The van der Waals surface area contributed by atoms with Crippen LogP contribution in [0.5, 0.6) is 0 Å². The normalized spacial score (nSPS) is 10.8. The molecule has 1 aromatic carbocycles. The van der Waals surface area contributed by atoms with Gasteiger partial charge in [-0.05, 0) is 54.6 Å². The quantitative estimate of drug-likeness (QED) is 0.807. The molecule has 100 valence electrons. The molecule has 1 N–H and O–H groups in total. The number of hydrogen-bond donors (Lipinski definition) is 1. The second-order valence-corrected chi connectivity index (χ2v) is 5.96. The first-order valence-electron chi connectivity index (χ1n) is 5.78. The minimum atomic E-state index is -0.193. The molecular weight excluding hydrogens is 377 g/mol. The predicted octanol–water partition coefficient (Wildman–Crippen LogP) is 3.97. The number of carbonyl (C=O) groups is 1. The van der Waals surface area contributed by atoms with Crippen LogP contribution in [0.25, 0.3) is 0 Å². The van der Waals surface area contributed by atoms with Gasteiger partial charge in [-0.2, -0.15) is 5.10 Å². The van der Waals surface area contributed by atoms with Crippen LogP contribution in [-0.4, -0.2) is 15.7 Å². The van der Waals surface area contributed by atoms with Gasteiger partial charge in [-0.25, -0.2) is 0 Å². The fourth-order valence-electron chi connectivity index (χ4n) is 1.53. The van der Waals surface area contributed by atoms with Crippen molar-refractivity contribution in [3.63, 3.8) is 0 Å². The summed E-state index contributed by atoms with van der Waals surface area (Å²) in [4.78, 5) is 12.0. The van der Waals surface area contributed by atoms with Gasteiger partial charge >= 0.3 is 0 Å². The first kappa shape index (κ1) is 14.3. The molecule has 0 aliphatic rings. The fraction of sp³-hybridized carbons (Fsp3) is 0.231. The van der Waals surface area contributed by atoms with Crippen molar-refractivity contribution in [2.75, 3.05) is 5.32 Å². The molecule has 2 aromatic rings. The van der Waals surface area contributed by atoms with Gasteiger partial charge in [0.15, 0.2) is 0 Å². The summed E-state index contributed by atoms with van der Waals surface area (Å²) in [7, 11) is 0. The molecule has 1 amide bonds. The molecule has 0 saturated carbocycles. The second kappa shape index (κ2) is 5.92. The van der Waals surface area contributed by atoms with Crippen LogP contribution in [0, 0.1) is 3.57 Å². The third-order valence-electron chi connectivity index (χ3n) is 2.57. The zero-order valence-corrected chi connectivity index (χ0v) is 13.4. The number of halogens is 2. The third kappa shape index (κ3) is 3.48. The molecule has 0 saturated heterocycles. The van der Waals surface area contributed by atoms with E-state index in [2.05, 4.69) is 33.0 Å². The number of anilines is 1. The average Bonchev–Trinajstić information content (AvgIpc) is 2.81. The maximum Gasteiger partial charge on any atom is 0.255 e. The molecular formula is C13H13ClIN3O. The number of carbonyl (C=O) groups excluding carboxylic acids is 1. The number of rotatable bonds is 3. The van der Waals surface area contributed by atoms with Crippen LogP contribution in [0.1, 0.15) is 30.2 Å². The Labute approximate surface area is 130 Å². The maximum absolute atomic E-state index is 12.0. The van der Waals surface area contributed by atoms with Gasteiger partial charge in [0.05, 0.1) is 16.9 Å². The van der Waals surface area contributed by atoms with Gasteiger partial charge in [-0.15, -0.1) is 0 Å². The molecule has 0 fully saturated rings. The van der Waals surface area contributed by atoms with E-state index in [1.807, 2.05) is 19.9 Å². The lowest BCUT2D eigenvalue weighted by atomic mass is 10.2. The van der Waals surface area contributed by atoms with Crippen molar-refractivity contribution in [1.29, 1.82) is 0 Å². The largest absolute Gasteiger partial charge is 0.319 e. The van der Waals surface area contributed by atoms with Gasteiger partial charge in [0.2, 0.25) is 0 Å². The van der Waals surface area contributed by atoms with E-state index >= 15 is 0 Å². The average molecular weight is 390 g/mol. The Bertz CT molecular complexity index is 610. The molecule has 2 rings (SSSR count). The van der Waals surface area contributed by atoms with Gasteiger partial charge in [0, 0.05) is 21.4 Å². The molecule has 0 unspecified atom stereocenters. The van der Waals surface area contributed by atoms with Crippen molar-refractivity contribution in [2.24, 2.45) is 0 Å². The van der Waals surface area contributed by atoms with Gasteiger partial charge in [0.1, 0.15) is 0 Å². The van der Waals surface area contributed by atoms with Crippen molar-refractivity contribution in [1.82, 2.24) is 9.78 Å². The Morgan fingerprint density at radius 3 is 2.79 bits per heavy atom. The van der Waals surface area contributed by atoms with Crippen LogP contribution >= 0.6 is 34.2 Å². The van der Waals surface area contributed by atoms with Crippen LogP contribution in [0.3, 0.4) is 0 Å². The Hall–Kier alpha value is -1.08. The maximum atomic E-state index is 12.0. The number of aromatic nitrogens is 2. The van der Waals surface area contributed by atoms with Crippen molar-refractivity contribution in [3.05, 3.63) is 44.7 Å². The third-order valence-corrected chi connectivity index (χ3v) is 4.14. The highest BCUT2D eigenvalue weighted by atomic mass is 127. The van der Waals surface area contributed by atoms with Crippen LogP contribution < -0.4 is 5.32 Å². The number of benzene rings is 1. The highest BCUT2D eigenvalue weighted by Crippen LogP contribution is 2.20. The summed E-state index contributed by atoms with van der Waals surface area (Å²) in [5.74, 6) is -0.193. The van der Waals surface area contributed by atoms with E-state index in [-0.39, 0.29) is 11.9 Å². The lowest BCUT2D eigenvalue weighted by Crippen LogP contribution is -2.11. The van der Waals surface area contributed by atoms with E-state index in [4.69, 9.17) is 11.6 Å². The molecule has 0 atom stereocenters. The molecule has 0 bridgehead atoms. The van der Waals surface area contributed by atoms with Gasteiger partial charge in [0.25, 0.3) is 5.91 Å². The smallest absolute Gasteiger partial charge is 0.255 e. The number of nitrogens with one attached hydrogen (secondary N) is 1. The number of nitrogens with zero attached hydrogens (tertiary/aromatic N) is 2. The summed E-state index contributed by atoms with van der Waals surface area (Å²) in [6, 6.07) is 5.48. The molecule has 1 heterocycles. The van der Waals surface area contributed by atoms with E-state index in [1.165, 1.54) is 0 Å². The van der Waals surface area contributed by atoms with Crippen LogP contribution in [0.15, 0.2) is 30.6 Å². The van der Waals surface area contributed by atoms with Crippen LogP contribution in [0.4, 0.5) is 5.69 Å². The standard InChI is InChI=1S/C13H13ClIN3O/c1-8(2)18-7-10(6-16-18)17-13(19)9-3-4-12(15)11(14)5-9/h3-8H,1-2H3,(H,17,19). The lowest BCUT2D eigenvalue weighted by Gasteiger charge is -2.05. The number of hydrogen-bond acceptors (Lipinski definition) is 2. The molecule has 1 aromatic heterocycles. The van der Waals surface area contributed by atoms with Gasteiger partial charge in [-0.1, -0.05) is 11.6 Å². The summed E-state index contributed by atoms with van der Waals surface area (Å²) < 4.78 is 2.71. The minimum absolute atomic E-state index is 0.193. The van der Waals surface area contributed by atoms with Crippen molar-refractivity contribution >= 4 is 45.8 Å². The fourth-order valence-corrected chi connectivity index (χ4v) is 2.04. The summed E-state index contributed by atoms with van der Waals surface area (Å²) in [5.41, 5.74) is 1.20. The molecule has 0 aliphatic carbocycles. The molecule has 4 nitrogen and oxygen atoms in total. The van der Waals surface area contributed by atoms with Crippen LogP contribution in [0.2, 0.25) is 5.02 Å². The summed E-state index contributed by atoms with van der Waals surface area (Å²) in [6.07, 6.45) is 3.43. The Balaban J connectivity index is 2.13. The summed E-state index contributed by atoms with van der Waals surface area (Å²) >= 11 is 8.12. The minimum Gasteiger partial charge on any atom is -0.319 e. The summed E-state index contributed by atoms with van der Waals surface area (Å²) in [5, 5.41) is 7.54. The van der Waals surface area contributed by atoms with Gasteiger partial charge in [-0.3, -0.25) is 9.48 Å². The second-order valence-electron chi connectivity index (χ2n) is 4.39. The first-order chi connectivity index (χ1) is 8.97. The Kier molecular flexibility index (Phi) is 4.46. The zero-order valence-electron chi connectivity index (χ0n) is 10.5. The van der Waals surface area contributed by atoms with E-state index in [0.29, 0.717) is 16.3 Å². The predicted molar refractivity (Wildman–Crippen MR) is 84.7 cm³/mol. The highest BCUT2D eigenvalue weighted by Gasteiger charge is 2.10. The molecule has 6 heteroatoms. The first-order valence-corrected chi connectivity index (χ1v) is 7.23. The molecule has 0 aliphatic heterocycles. The molecule has 0 radical (unpaired) electrons. The lowest BCUT2D eigenvalue weighted by molar-refractivity contribution is 0.102.